The summed E-state index contributed by atoms with van der Waals surface area (Å²) in [5.41, 5.74) is 3.00. The number of nitrogens with one attached hydrogen (secondary N) is 2. The molecule has 2 rings (SSSR count). The van der Waals surface area contributed by atoms with E-state index in [0.29, 0.717) is 5.75 Å². The number of carbonyl (C=O) groups excluding carboxylic acids is 1. The van der Waals surface area contributed by atoms with Crippen molar-refractivity contribution in [2.75, 3.05) is 18.5 Å². The largest absolute Gasteiger partial charge is 0.491 e. The van der Waals surface area contributed by atoms with E-state index in [1.807, 2.05) is 62.4 Å². The second-order valence-corrected chi connectivity index (χ2v) is 5.41. The molecule has 5 heteroatoms. The molecule has 0 aromatic heterocycles. The third-order valence-electron chi connectivity index (χ3n) is 3.45. The molecule has 0 aliphatic rings. The van der Waals surface area contributed by atoms with Gasteiger partial charge < -0.3 is 20.5 Å². The number of amides is 2. The van der Waals surface area contributed by atoms with Gasteiger partial charge >= 0.3 is 6.03 Å². The maximum atomic E-state index is 11.8. The minimum absolute atomic E-state index is 0.115. The molecule has 23 heavy (non-hydrogen) atoms. The molecular weight excluding hydrogens is 292 g/mol. The summed E-state index contributed by atoms with van der Waals surface area (Å²) in [5, 5.41) is 15.2. The van der Waals surface area contributed by atoms with Crippen molar-refractivity contribution in [3.8, 4) is 5.75 Å². The van der Waals surface area contributed by atoms with Crippen molar-refractivity contribution in [1.82, 2.24) is 5.32 Å². The maximum absolute atomic E-state index is 11.8. The van der Waals surface area contributed by atoms with E-state index in [4.69, 9.17) is 4.74 Å². The van der Waals surface area contributed by atoms with E-state index < -0.39 is 6.10 Å². The summed E-state index contributed by atoms with van der Waals surface area (Å²) < 4.78 is 5.43. The molecule has 0 bridgehead atoms. The van der Waals surface area contributed by atoms with Crippen LogP contribution in [0.1, 0.15) is 11.1 Å². The first kappa shape index (κ1) is 16.8. The van der Waals surface area contributed by atoms with Crippen molar-refractivity contribution < 1.29 is 14.6 Å². The van der Waals surface area contributed by atoms with Gasteiger partial charge in [-0.25, -0.2) is 4.79 Å². The minimum Gasteiger partial charge on any atom is -0.491 e. The standard InChI is InChI=1S/C18H22N2O3/c1-13-8-9-15(10-14(13)2)20-18(22)19-11-16(21)12-23-17-6-4-3-5-7-17/h3-10,16,21H,11-12H2,1-2H3,(H2,19,20,22)/t16-/m0/s1. The van der Waals surface area contributed by atoms with Crippen LogP contribution in [0.25, 0.3) is 0 Å². The Bertz CT molecular complexity index is 644. The summed E-state index contributed by atoms with van der Waals surface area (Å²) in [5.74, 6) is 0.686. The maximum Gasteiger partial charge on any atom is 0.319 e. The van der Waals surface area contributed by atoms with E-state index in [1.54, 1.807) is 0 Å². The third-order valence-corrected chi connectivity index (χ3v) is 3.45. The molecule has 0 heterocycles. The van der Waals surface area contributed by atoms with Gasteiger partial charge in [0.15, 0.2) is 0 Å². The third kappa shape index (κ3) is 5.64. The quantitative estimate of drug-likeness (QED) is 0.768. The van der Waals surface area contributed by atoms with Gasteiger partial charge in [-0.1, -0.05) is 24.3 Å². The summed E-state index contributed by atoms with van der Waals surface area (Å²) >= 11 is 0. The average molecular weight is 314 g/mol. The van der Waals surface area contributed by atoms with Crippen LogP contribution in [0.2, 0.25) is 0 Å². The van der Waals surface area contributed by atoms with Crippen LogP contribution in [0.15, 0.2) is 48.5 Å². The van der Waals surface area contributed by atoms with Crippen molar-refractivity contribution in [2.24, 2.45) is 0 Å². The predicted molar refractivity (Wildman–Crippen MR) is 90.9 cm³/mol. The van der Waals surface area contributed by atoms with Gasteiger partial charge in [-0.15, -0.1) is 0 Å². The summed E-state index contributed by atoms with van der Waals surface area (Å²) in [6.45, 7) is 4.24. The zero-order chi connectivity index (χ0) is 16.7. The Morgan fingerprint density at radius 2 is 1.87 bits per heavy atom. The summed E-state index contributed by atoms with van der Waals surface area (Å²) in [4.78, 5) is 11.8. The molecule has 122 valence electrons. The van der Waals surface area contributed by atoms with E-state index in [9.17, 15) is 9.90 Å². The highest BCUT2D eigenvalue weighted by Gasteiger charge is 2.08. The molecule has 0 aliphatic heterocycles. The van der Waals surface area contributed by atoms with Gasteiger partial charge in [0.1, 0.15) is 18.5 Å². The first-order valence-electron chi connectivity index (χ1n) is 7.52. The second kappa shape index (κ2) is 8.19. The Morgan fingerprint density at radius 3 is 2.57 bits per heavy atom. The molecule has 0 radical (unpaired) electrons. The van der Waals surface area contributed by atoms with Crippen molar-refractivity contribution in [3.05, 3.63) is 59.7 Å². The van der Waals surface area contributed by atoms with Crippen LogP contribution in [0.3, 0.4) is 0 Å². The van der Waals surface area contributed by atoms with Gasteiger partial charge in [0.05, 0.1) is 0 Å². The van der Waals surface area contributed by atoms with Crippen LogP contribution in [0, 0.1) is 13.8 Å². The molecule has 0 fully saturated rings. The lowest BCUT2D eigenvalue weighted by Gasteiger charge is -2.14. The highest BCUT2D eigenvalue weighted by atomic mass is 16.5. The molecule has 3 N–H and O–H groups in total. The fourth-order valence-electron chi connectivity index (χ4n) is 1.97. The number of aliphatic hydroxyl groups is 1. The first-order chi connectivity index (χ1) is 11.0. The lowest BCUT2D eigenvalue weighted by Crippen LogP contribution is -2.37. The van der Waals surface area contributed by atoms with Gasteiger partial charge in [-0.2, -0.15) is 0 Å². The molecule has 0 unspecified atom stereocenters. The predicted octanol–water partition coefficient (Wildman–Crippen LogP) is 2.86. The highest BCUT2D eigenvalue weighted by molar-refractivity contribution is 5.89. The van der Waals surface area contributed by atoms with E-state index >= 15 is 0 Å². The van der Waals surface area contributed by atoms with Gasteiger partial charge in [0.2, 0.25) is 0 Å². The van der Waals surface area contributed by atoms with E-state index in [0.717, 1.165) is 11.3 Å². The van der Waals surface area contributed by atoms with Gasteiger partial charge in [-0.05, 0) is 49.2 Å². The number of anilines is 1. The first-order valence-corrected chi connectivity index (χ1v) is 7.52. The number of hydrogen-bond donors (Lipinski definition) is 3. The lowest BCUT2D eigenvalue weighted by molar-refractivity contribution is 0.108. The fraction of sp³-hybridized carbons (Fsp3) is 0.278. The molecule has 0 spiro atoms. The summed E-state index contributed by atoms with van der Waals surface area (Å²) in [7, 11) is 0. The van der Waals surface area contributed by atoms with Crippen molar-refractivity contribution >= 4 is 11.7 Å². The number of ether oxygens (including phenoxy) is 1. The Balaban J connectivity index is 1.72. The number of aryl methyl sites for hydroxylation is 2. The van der Waals surface area contributed by atoms with Crippen molar-refractivity contribution in [2.45, 2.75) is 20.0 Å². The molecule has 2 amide bonds. The fourth-order valence-corrected chi connectivity index (χ4v) is 1.97. The summed E-state index contributed by atoms with van der Waals surface area (Å²) in [6, 6.07) is 14.6. The average Bonchev–Trinajstić information content (AvgIpc) is 2.55. The van der Waals surface area contributed by atoms with Crippen LogP contribution in [-0.2, 0) is 0 Å². The van der Waals surface area contributed by atoms with Crippen LogP contribution in [0.5, 0.6) is 5.75 Å². The van der Waals surface area contributed by atoms with E-state index in [2.05, 4.69) is 10.6 Å². The van der Waals surface area contributed by atoms with Crippen molar-refractivity contribution in [1.29, 1.82) is 0 Å². The van der Waals surface area contributed by atoms with E-state index in [1.165, 1.54) is 5.56 Å². The van der Waals surface area contributed by atoms with Crippen LogP contribution < -0.4 is 15.4 Å². The SMILES string of the molecule is Cc1ccc(NC(=O)NC[C@H](O)COc2ccccc2)cc1C. The Hall–Kier alpha value is -2.53. The highest BCUT2D eigenvalue weighted by Crippen LogP contribution is 2.13. The molecule has 2 aromatic rings. The molecule has 0 saturated carbocycles. The zero-order valence-corrected chi connectivity index (χ0v) is 13.4. The molecule has 0 saturated heterocycles. The smallest absolute Gasteiger partial charge is 0.319 e. The summed E-state index contributed by atoms with van der Waals surface area (Å²) in [6.07, 6.45) is -0.777. The van der Waals surface area contributed by atoms with Crippen LogP contribution in [-0.4, -0.2) is 30.4 Å². The van der Waals surface area contributed by atoms with Gasteiger partial charge in [0, 0.05) is 12.2 Å². The zero-order valence-electron chi connectivity index (χ0n) is 13.4. The van der Waals surface area contributed by atoms with Gasteiger partial charge in [0.25, 0.3) is 0 Å². The van der Waals surface area contributed by atoms with Crippen molar-refractivity contribution in [3.63, 3.8) is 0 Å². The second-order valence-electron chi connectivity index (χ2n) is 5.41. The Labute approximate surface area is 136 Å². The number of rotatable bonds is 6. The van der Waals surface area contributed by atoms with E-state index in [-0.39, 0.29) is 19.2 Å². The molecule has 0 aliphatic carbocycles. The molecular formula is C18H22N2O3. The number of urea groups is 1. The Morgan fingerprint density at radius 1 is 1.13 bits per heavy atom. The van der Waals surface area contributed by atoms with Crippen LogP contribution in [0.4, 0.5) is 10.5 Å². The minimum atomic E-state index is -0.777. The van der Waals surface area contributed by atoms with Crippen LogP contribution >= 0.6 is 0 Å². The van der Waals surface area contributed by atoms with Gasteiger partial charge in [-0.3, -0.25) is 0 Å². The number of hydrogen-bond acceptors (Lipinski definition) is 3. The lowest BCUT2D eigenvalue weighted by atomic mass is 10.1. The topological polar surface area (TPSA) is 70.6 Å². The number of carbonyl (C=O) groups is 1. The number of para-hydroxylation sites is 1. The Kier molecular flexibility index (Phi) is 6.00. The normalized spacial score (nSPS) is 11.6. The molecule has 2 aromatic carbocycles. The monoisotopic (exact) mass is 314 g/mol. The number of aliphatic hydroxyl groups excluding tert-OH is 1. The molecule has 5 nitrogen and oxygen atoms in total. The molecule has 1 atom stereocenters. The number of benzene rings is 2.